The van der Waals surface area contributed by atoms with Crippen LogP contribution in [0.15, 0.2) is 30.5 Å². The van der Waals surface area contributed by atoms with E-state index < -0.39 is 6.10 Å². The summed E-state index contributed by atoms with van der Waals surface area (Å²) in [5, 5.41) is 18.2. The molecule has 1 aromatic heterocycles. The maximum absolute atomic E-state index is 12.4. The number of carbonyl (C=O) groups is 1. The van der Waals surface area contributed by atoms with Gasteiger partial charge in [-0.2, -0.15) is 0 Å². The highest BCUT2D eigenvalue weighted by atomic mass is 35.5. The number of aromatic nitrogens is 3. The summed E-state index contributed by atoms with van der Waals surface area (Å²) in [6, 6.07) is 7.49. The van der Waals surface area contributed by atoms with Crippen molar-refractivity contribution < 1.29 is 9.90 Å². The van der Waals surface area contributed by atoms with Gasteiger partial charge in [-0.1, -0.05) is 35.0 Å². The van der Waals surface area contributed by atoms with Crippen LogP contribution in [0.2, 0.25) is 5.02 Å². The van der Waals surface area contributed by atoms with E-state index in [1.165, 1.54) is 0 Å². The van der Waals surface area contributed by atoms with Crippen molar-refractivity contribution in [1.29, 1.82) is 0 Å². The summed E-state index contributed by atoms with van der Waals surface area (Å²) >= 11 is 6.12. The van der Waals surface area contributed by atoms with Crippen LogP contribution >= 0.6 is 11.6 Å². The van der Waals surface area contributed by atoms with E-state index in [-0.39, 0.29) is 5.91 Å². The molecule has 0 radical (unpaired) electrons. The van der Waals surface area contributed by atoms with Crippen molar-refractivity contribution in [3.8, 4) is 0 Å². The van der Waals surface area contributed by atoms with E-state index in [9.17, 15) is 9.90 Å². The van der Waals surface area contributed by atoms with Gasteiger partial charge in [0.15, 0.2) is 5.69 Å². The first-order valence-electron chi connectivity index (χ1n) is 7.24. The number of benzene rings is 1. The van der Waals surface area contributed by atoms with Gasteiger partial charge in [0.1, 0.15) is 0 Å². The Bertz CT molecular complexity index is 673. The van der Waals surface area contributed by atoms with E-state index in [4.69, 9.17) is 11.6 Å². The van der Waals surface area contributed by atoms with Crippen molar-refractivity contribution >= 4 is 17.5 Å². The molecule has 6 nitrogen and oxygen atoms in total. The maximum Gasteiger partial charge on any atom is 0.276 e. The highest BCUT2D eigenvalue weighted by molar-refractivity contribution is 6.31. The van der Waals surface area contributed by atoms with E-state index in [1.807, 2.05) is 24.3 Å². The van der Waals surface area contributed by atoms with E-state index in [0.717, 1.165) is 18.4 Å². The van der Waals surface area contributed by atoms with Gasteiger partial charge in [0.25, 0.3) is 5.91 Å². The molecule has 2 heterocycles. The second-order valence-corrected chi connectivity index (χ2v) is 5.85. The lowest BCUT2D eigenvalue weighted by Crippen LogP contribution is -2.42. The number of aliphatic hydroxyl groups excluding tert-OH is 1. The molecule has 1 N–H and O–H groups in total. The first-order chi connectivity index (χ1) is 10.6. The molecule has 1 aliphatic heterocycles. The van der Waals surface area contributed by atoms with E-state index in [2.05, 4.69) is 10.3 Å². The number of piperidine rings is 1. The molecule has 7 heteroatoms. The molecule has 1 fully saturated rings. The number of hydrogen-bond donors (Lipinski definition) is 1. The second kappa shape index (κ2) is 6.46. The number of nitrogens with zero attached hydrogens (tertiary/aromatic N) is 4. The third kappa shape index (κ3) is 3.28. The van der Waals surface area contributed by atoms with Crippen molar-refractivity contribution in [2.75, 3.05) is 13.1 Å². The lowest BCUT2D eigenvalue weighted by Gasteiger charge is -2.29. The minimum Gasteiger partial charge on any atom is -0.391 e. The summed E-state index contributed by atoms with van der Waals surface area (Å²) in [6.07, 6.45) is 2.71. The number of carbonyl (C=O) groups excluding carboxylic acids is 1. The van der Waals surface area contributed by atoms with Crippen LogP contribution in [-0.2, 0) is 6.54 Å². The Labute approximate surface area is 133 Å². The van der Waals surface area contributed by atoms with E-state index in [0.29, 0.717) is 30.4 Å². The molecule has 1 saturated heterocycles. The summed E-state index contributed by atoms with van der Waals surface area (Å²) in [6.45, 7) is 1.46. The molecule has 0 saturated carbocycles. The van der Waals surface area contributed by atoms with Gasteiger partial charge >= 0.3 is 0 Å². The largest absolute Gasteiger partial charge is 0.391 e. The zero-order chi connectivity index (χ0) is 15.5. The lowest BCUT2D eigenvalue weighted by molar-refractivity contribution is 0.0469. The van der Waals surface area contributed by atoms with Crippen molar-refractivity contribution in [2.24, 2.45) is 0 Å². The smallest absolute Gasteiger partial charge is 0.276 e. The van der Waals surface area contributed by atoms with Crippen molar-refractivity contribution in [1.82, 2.24) is 19.9 Å². The van der Waals surface area contributed by atoms with Gasteiger partial charge in [0, 0.05) is 18.1 Å². The highest BCUT2D eigenvalue weighted by Crippen LogP contribution is 2.16. The third-order valence-corrected chi connectivity index (χ3v) is 4.10. The Morgan fingerprint density at radius 3 is 3.00 bits per heavy atom. The van der Waals surface area contributed by atoms with Crippen molar-refractivity contribution in [2.45, 2.75) is 25.5 Å². The van der Waals surface area contributed by atoms with Gasteiger partial charge in [0.2, 0.25) is 0 Å². The Morgan fingerprint density at radius 1 is 1.41 bits per heavy atom. The predicted octanol–water partition coefficient (Wildman–Crippen LogP) is 1.58. The molecular weight excluding hydrogens is 304 g/mol. The predicted molar refractivity (Wildman–Crippen MR) is 81.7 cm³/mol. The SMILES string of the molecule is O=C(c1cn(Cc2ccccc2Cl)nn1)N1CCC[C@@H](O)C1. The molecule has 2 aromatic rings. The van der Waals surface area contributed by atoms with E-state index >= 15 is 0 Å². The minimum absolute atomic E-state index is 0.191. The molecule has 0 unspecified atom stereocenters. The minimum atomic E-state index is -0.448. The highest BCUT2D eigenvalue weighted by Gasteiger charge is 2.24. The molecule has 1 aliphatic rings. The molecule has 0 spiro atoms. The first-order valence-corrected chi connectivity index (χ1v) is 7.62. The summed E-state index contributed by atoms with van der Waals surface area (Å²) in [7, 11) is 0. The van der Waals surface area contributed by atoms with Gasteiger partial charge in [0.05, 0.1) is 18.8 Å². The number of amides is 1. The standard InChI is InChI=1S/C15H17ClN4O2/c16-13-6-2-1-4-11(13)8-20-10-14(17-18-20)15(22)19-7-3-5-12(21)9-19/h1-2,4,6,10,12,21H,3,5,7-9H2/t12-/m1/s1. The molecular formula is C15H17ClN4O2. The van der Waals surface area contributed by atoms with Gasteiger partial charge in [-0.15, -0.1) is 5.10 Å². The number of rotatable bonds is 3. The number of likely N-dealkylation sites (tertiary alicyclic amines) is 1. The van der Waals surface area contributed by atoms with Crippen LogP contribution in [0.25, 0.3) is 0 Å². The molecule has 0 bridgehead atoms. The lowest BCUT2D eigenvalue weighted by atomic mass is 10.1. The normalized spacial score (nSPS) is 18.5. The average molecular weight is 321 g/mol. The molecule has 1 amide bonds. The zero-order valence-electron chi connectivity index (χ0n) is 12.0. The number of halogens is 1. The van der Waals surface area contributed by atoms with Crippen LogP contribution in [0.5, 0.6) is 0 Å². The maximum atomic E-state index is 12.4. The number of hydrogen-bond acceptors (Lipinski definition) is 4. The van der Waals surface area contributed by atoms with Gasteiger partial charge in [-0.25, -0.2) is 4.68 Å². The molecule has 3 rings (SSSR count). The summed E-state index contributed by atoms with van der Waals surface area (Å²) in [5.74, 6) is -0.191. The van der Waals surface area contributed by atoms with Gasteiger partial charge in [-0.05, 0) is 24.5 Å². The Morgan fingerprint density at radius 2 is 2.23 bits per heavy atom. The summed E-state index contributed by atoms with van der Waals surface area (Å²) < 4.78 is 1.59. The zero-order valence-corrected chi connectivity index (χ0v) is 12.8. The Hall–Kier alpha value is -1.92. The van der Waals surface area contributed by atoms with Crippen LogP contribution < -0.4 is 0 Å². The quantitative estimate of drug-likeness (QED) is 0.932. The van der Waals surface area contributed by atoms with Crippen LogP contribution in [-0.4, -0.2) is 50.1 Å². The van der Waals surface area contributed by atoms with Crippen LogP contribution in [0.3, 0.4) is 0 Å². The fourth-order valence-corrected chi connectivity index (χ4v) is 2.77. The monoisotopic (exact) mass is 320 g/mol. The second-order valence-electron chi connectivity index (χ2n) is 5.44. The van der Waals surface area contributed by atoms with Crippen molar-refractivity contribution in [3.05, 3.63) is 46.7 Å². The topological polar surface area (TPSA) is 71.2 Å². The molecule has 1 aromatic carbocycles. The van der Waals surface area contributed by atoms with E-state index in [1.54, 1.807) is 15.8 Å². The average Bonchev–Trinajstić information content (AvgIpc) is 2.97. The van der Waals surface area contributed by atoms with Crippen LogP contribution in [0.4, 0.5) is 0 Å². The summed E-state index contributed by atoms with van der Waals surface area (Å²) in [4.78, 5) is 14.0. The van der Waals surface area contributed by atoms with Crippen LogP contribution in [0, 0.1) is 0 Å². The fraction of sp³-hybridized carbons (Fsp3) is 0.400. The Kier molecular flexibility index (Phi) is 4.40. The number of β-amino-alcohol motifs (C(OH)–C–C–N with tert-alkyl or cyclic N) is 1. The van der Waals surface area contributed by atoms with Crippen LogP contribution in [0.1, 0.15) is 28.9 Å². The molecule has 22 heavy (non-hydrogen) atoms. The molecule has 116 valence electrons. The molecule has 0 aliphatic carbocycles. The number of aliphatic hydroxyl groups is 1. The van der Waals surface area contributed by atoms with Crippen molar-refractivity contribution in [3.63, 3.8) is 0 Å². The summed E-state index contributed by atoms with van der Waals surface area (Å²) in [5.41, 5.74) is 1.21. The van der Waals surface area contributed by atoms with Gasteiger partial charge in [-0.3, -0.25) is 4.79 Å². The first kappa shape index (κ1) is 15.0. The van der Waals surface area contributed by atoms with Gasteiger partial charge < -0.3 is 10.0 Å². The fourth-order valence-electron chi connectivity index (χ4n) is 2.58. The third-order valence-electron chi connectivity index (χ3n) is 3.73. The Balaban J connectivity index is 1.71. The molecule has 1 atom stereocenters.